The quantitative estimate of drug-likeness (QED) is 0.703. The lowest BCUT2D eigenvalue weighted by molar-refractivity contribution is 1.50. The lowest BCUT2D eigenvalue weighted by Crippen LogP contribution is -2.30. The van der Waals surface area contributed by atoms with Crippen molar-refractivity contribution in [3.8, 4) is 0 Å². The summed E-state index contributed by atoms with van der Waals surface area (Å²) in [4.78, 5) is 0. The van der Waals surface area contributed by atoms with E-state index in [1.807, 2.05) is 36.4 Å². The molecule has 1 heterocycles. The SMILES string of the molecule is [B]1[B]N(c2ccccc2)[B]N1c1ccccc1. The van der Waals surface area contributed by atoms with Gasteiger partial charge in [-0.2, -0.15) is 0 Å². The maximum absolute atomic E-state index is 2.10. The van der Waals surface area contributed by atoms with Crippen LogP contribution in [0, 0.1) is 0 Å². The van der Waals surface area contributed by atoms with Gasteiger partial charge in [0.15, 0.2) is 0 Å². The third-order valence-electron chi connectivity index (χ3n) is 2.75. The third-order valence-corrected chi connectivity index (χ3v) is 2.75. The van der Waals surface area contributed by atoms with Gasteiger partial charge in [0.1, 0.15) is 0 Å². The fourth-order valence-electron chi connectivity index (χ4n) is 1.86. The van der Waals surface area contributed by atoms with Crippen molar-refractivity contribution in [2.75, 3.05) is 9.44 Å². The largest absolute Gasteiger partial charge is 0.455 e. The van der Waals surface area contributed by atoms with Crippen molar-refractivity contribution >= 4 is 33.5 Å². The van der Waals surface area contributed by atoms with Gasteiger partial charge in [0.05, 0.1) is 0 Å². The summed E-state index contributed by atoms with van der Waals surface area (Å²) in [7, 11) is 6.19. The molecule has 0 aliphatic carbocycles. The van der Waals surface area contributed by atoms with Crippen LogP contribution in [0.15, 0.2) is 60.7 Å². The van der Waals surface area contributed by atoms with E-state index >= 15 is 0 Å². The molecular weight excluding hydrogens is 205 g/mol. The van der Waals surface area contributed by atoms with Gasteiger partial charge in [-0.05, 0) is 24.3 Å². The van der Waals surface area contributed by atoms with E-state index in [-0.39, 0.29) is 0 Å². The predicted molar refractivity (Wildman–Crippen MR) is 75.1 cm³/mol. The van der Waals surface area contributed by atoms with Gasteiger partial charge < -0.3 is 9.44 Å². The smallest absolute Gasteiger partial charge is 0.361 e. The van der Waals surface area contributed by atoms with Gasteiger partial charge in [0.2, 0.25) is 14.6 Å². The zero-order chi connectivity index (χ0) is 11.5. The maximum atomic E-state index is 2.10. The highest BCUT2D eigenvalue weighted by molar-refractivity contribution is 7.15. The summed E-state index contributed by atoms with van der Waals surface area (Å²) in [5.41, 5.74) is 2.34. The van der Waals surface area contributed by atoms with Crippen LogP contribution in [-0.4, -0.2) is 22.2 Å². The minimum atomic E-state index is 1.17. The zero-order valence-electron chi connectivity index (χ0n) is 9.40. The highest BCUT2D eigenvalue weighted by Gasteiger charge is 2.25. The molecule has 2 aromatic rings. The van der Waals surface area contributed by atoms with Gasteiger partial charge in [-0.1, -0.05) is 36.4 Å². The molecule has 1 saturated heterocycles. The van der Waals surface area contributed by atoms with E-state index in [0.29, 0.717) is 0 Å². The lowest BCUT2D eigenvalue weighted by atomic mass is 9.56. The summed E-state index contributed by atoms with van der Waals surface area (Å²) >= 11 is 0. The Morgan fingerprint density at radius 3 is 1.41 bits per heavy atom. The molecule has 3 rings (SSSR count). The van der Waals surface area contributed by atoms with Crippen molar-refractivity contribution < 1.29 is 0 Å². The fourth-order valence-corrected chi connectivity index (χ4v) is 1.86. The molecular formula is C12H10B3N2. The van der Waals surface area contributed by atoms with E-state index in [1.165, 1.54) is 11.4 Å². The highest BCUT2D eigenvalue weighted by Crippen LogP contribution is 2.19. The van der Waals surface area contributed by atoms with Gasteiger partial charge in [0.25, 0.3) is 0 Å². The van der Waals surface area contributed by atoms with E-state index in [4.69, 9.17) is 0 Å². The predicted octanol–water partition coefficient (Wildman–Crippen LogP) is 1.70. The van der Waals surface area contributed by atoms with Gasteiger partial charge in [-0.15, -0.1) is 0 Å². The Kier molecular flexibility index (Phi) is 2.82. The number of hydrogen-bond donors (Lipinski definition) is 0. The average Bonchev–Trinajstić information content (AvgIpc) is 2.90. The van der Waals surface area contributed by atoms with Crippen molar-refractivity contribution in [1.82, 2.24) is 0 Å². The Morgan fingerprint density at radius 2 is 1.00 bits per heavy atom. The van der Waals surface area contributed by atoms with E-state index < -0.39 is 0 Å². The molecule has 17 heavy (non-hydrogen) atoms. The first kappa shape index (κ1) is 10.4. The van der Waals surface area contributed by atoms with Crippen molar-refractivity contribution in [3.63, 3.8) is 0 Å². The highest BCUT2D eigenvalue weighted by atomic mass is 15.1. The number of para-hydroxylation sites is 2. The van der Waals surface area contributed by atoms with E-state index in [1.54, 1.807) is 0 Å². The summed E-state index contributed by atoms with van der Waals surface area (Å²) in [5, 5.41) is 0. The van der Waals surface area contributed by atoms with Gasteiger partial charge in [-0.25, -0.2) is 0 Å². The third kappa shape index (κ3) is 2.18. The second-order valence-electron chi connectivity index (χ2n) is 3.90. The number of nitrogens with zero attached hydrogens (tertiary/aromatic N) is 2. The van der Waals surface area contributed by atoms with Crippen molar-refractivity contribution in [2.45, 2.75) is 0 Å². The number of hydrogen-bond acceptors (Lipinski definition) is 2. The van der Waals surface area contributed by atoms with Gasteiger partial charge in [-0.3, -0.25) is 0 Å². The molecule has 2 nitrogen and oxygen atoms in total. The maximum Gasteiger partial charge on any atom is 0.361 e. The van der Waals surface area contributed by atoms with Gasteiger partial charge >= 0.3 is 7.55 Å². The average molecular weight is 215 g/mol. The van der Waals surface area contributed by atoms with Crippen LogP contribution in [0.2, 0.25) is 0 Å². The second kappa shape index (κ2) is 4.62. The molecule has 1 aliphatic heterocycles. The molecule has 0 N–H and O–H groups in total. The van der Waals surface area contributed by atoms with Crippen LogP contribution in [0.4, 0.5) is 11.4 Å². The van der Waals surface area contributed by atoms with Crippen LogP contribution in [0.25, 0.3) is 0 Å². The molecule has 1 fully saturated rings. The van der Waals surface area contributed by atoms with Crippen LogP contribution in [0.1, 0.15) is 0 Å². The van der Waals surface area contributed by atoms with Crippen LogP contribution >= 0.6 is 0 Å². The normalized spacial score (nSPS) is 13.9. The van der Waals surface area contributed by atoms with Gasteiger partial charge in [0, 0.05) is 11.4 Å². The molecule has 0 unspecified atom stereocenters. The molecule has 77 valence electrons. The molecule has 0 aromatic heterocycles. The zero-order valence-corrected chi connectivity index (χ0v) is 9.40. The molecule has 0 atom stereocenters. The summed E-state index contributed by atoms with van der Waals surface area (Å²) in [6.45, 7) is 0. The number of benzene rings is 2. The van der Waals surface area contributed by atoms with Crippen LogP contribution in [-0.2, 0) is 0 Å². The summed E-state index contributed by atoms with van der Waals surface area (Å²) in [6.07, 6.45) is 0. The van der Waals surface area contributed by atoms with Crippen molar-refractivity contribution in [1.29, 1.82) is 0 Å². The molecule has 3 radical (unpaired) electrons. The first-order valence-electron chi connectivity index (χ1n) is 5.63. The van der Waals surface area contributed by atoms with E-state index in [9.17, 15) is 0 Å². The summed E-state index contributed by atoms with van der Waals surface area (Å²) in [5.74, 6) is 0. The Balaban J connectivity index is 1.75. The standard InChI is InChI=1S/C12H10B3N2/c1-3-7-11(8-4-1)16-13-14-17(15-16)12-9-5-2-6-10-12/h1-10H. The molecule has 0 saturated carbocycles. The molecule has 0 spiro atoms. The minimum absolute atomic E-state index is 1.17. The first-order chi connectivity index (χ1) is 8.43. The fraction of sp³-hybridized carbons (Fsp3) is 0. The number of anilines is 2. The van der Waals surface area contributed by atoms with E-state index in [2.05, 4.69) is 55.9 Å². The lowest BCUT2D eigenvalue weighted by Gasteiger charge is -2.21. The molecule has 1 aliphatic rings. The topological polar surface area (TPSA) is 6.48 Å². The molecule has 0 amide bonds. The summed E-state index contributed by atoms with van der Waals surface area (Å²) < 4.78 is 4.21. The van der Waals surface area contributed by atoms with E-state index in [0.717, 1.165) is 0 Å². The van der Waals surface area contributed by atoms with Crippen LogP contribution in [0.5, 0.6) is 0 Å². The second-order valence-corrected chi connectivity index (χ2v) is 3.90. The Labute approximate surface area is 104 Å². The molecule has 2 aromatic carbocycles. The molecule has 0 bridgehead atoms. The Bertz CT molecular complexity index is 432. The van der Waals surface area contributed by atoms with Crippen LogP contribution < -0.4 is 9.44 Å². The molecule has 5 heteroatoms. The Morgan fingerprint density at radius 1 is 0.588 bits per heavy atom. The van der Waals surface area contributed by atoms with Crippen LogP contribution in [0.3, 0.4) is 0 Å². The van der Waals surface area contributed by atoms with Crippen molar-refractivity contribution in [3.05, 3.63) is 60.7 Å². The first-order valence-corrected chi connectivity index (χ1v) is 5.63. The summed E-state index contributed by atoms with van der Waals surface area (Å²) in [6, 6.07) is 20.6. The Hall–Kier alpha value is -1.77. The van der Waals surface area contributed by atoms with Crippen molar-refractivity contribution in [2.24, 2.45) is 0 Å². The monoisotopic (exact) mass is 215 g/mol. The number of rotatable bonds is 2. The minimum Gasteiger partial charge on any atom is -0.455 e.